The molecule has 0 atom stereocenters. The first kappa shape index (κ1) is 24.4. The lowest BCUT2D eigenvalue weighted by Crippen LogP contribution is -2.38. The van der Waals surface area contributed by atoms with Crippen LogP contribution in [0.15, 0.2) is 71.6 Å². The molecule has 0 aliphatic heterocycles. The maximum absolute atomic E-state index is 13.5. The number of anilines is 2. The molecule has 0 fully saturated rings. The number of rotatable bonds is 9. The summed E-state index contributed by atoms with van der Waals surface area (Å²) < 4.78 is 38.5. The Kier molecular flexibility index (Phi) is 7.84. The van der Waals surface area contributed by atoms with Crippen molar-refractivity contribution in [2.45, 2.75) is 18.7 Å². The minimum atomic E-state index is -4.03. The first-order chi connectivity index (χ1) is 15.7. The molecule has 0 heterocycles. The third-order valence-electron chi connectivity index (χ3n) is 4.77. The highest BCUT2D eigenvalue weighted by Crippen LogP contribution is 2.28. The molecule has 0 saturated heterocycles. The second-order valence-corrected chi connectivity index (χ2v) is 9.42. The molecule has 7 nitrogen and oxygen atoms in total. The number of aryl methyl sites for hydroxylation is 1. The number of sulfonamides is 1. The molecule has 0 aromatic heterocycles. The van der Waals surface area contributed by atoms with Crippen molar-refractivity contribution in [1.29, 1.82) is 0 Å². The third-order valence-corrected chi connectivity index (χ3v) is 6.85. The molecular formula is C24H25ClN2O5S. The molecule has 0 saturated carbocycles. The lowest BCUT2D eigenvalue weighted by Gasteiger charge is -2.24. The van der Waals surface area contributed by atoms with Crippen molar-refractivity contribution < 1.29 is 22.7 Å². The topological polar surface area (TPSA) is 84.9 Å². The minimum Gasteiger partial charge on any atom is -0.495 e. The van der Waals surface area contributed by atoms with E-state index in [-0.39, 0.29) is 4.90 Å². The van der Waals surface area contributed by atoms with E-state index < -0.39 is 22.5 Å². The maximum Gasteiger partial charge on any atom is 0.264 e. The van der Waals surface area contributed by atoms with Crippen molar-refractivity contribution >= 4 is 38.9 Å². The number of methoxy groups -OCH3 is 1. The highest BCUT2D eigenvalue weighted by molar-refractivity contribution is 7.92. The van der Waals surface area contributed by atoms with Crippen molar-refractivity contribution in [2.24, 2.45) is 0 Å². The van der Waals surface area contributed by atoms with Gasteiger partial charge < -0.3 is 14.8 Å². The van der Waals surface area contributed by atoms with Crippen molar-refractivity contribution in [2.75, 3.05) is 29.9 Å². The number of ether oxygens (including phenoxy) is 2. The van der Waals surface area contributed by atoms with Crippen molar-refractivity contribution in [3.05, 3.63) is 77.3 Å². The summed E-state index contributed by atoms with van der Waals surface area (Å²) in [5.41, 5.74) is 1.76. The molecular weight excluding hydrogens is 464 g/mol. The number of benzene rings is 3. The quantitative estimate of drug-likeness (QED) is 0.463. The molecule has 3 aromatic rings. The summed E-state index contributed by atoms with van der Waals surface area (Å²) in [6.45, 7) is 3.78. The Morgan fingerprint density at radius 3 is 2.27 bits per heavy atom. The van der Waals surface area contributed by atoms with Crippen LogP contribution in [0.5, 0.6) is 11.5 Å². The average Bonchev–Trinajstić information content (AvgIpc) is 2.79. The zero-order chi connectivity index (χ0) is 24.0. The summed E-state index contributed by atoms with van der Waals surface area (Å²) in [4.78, 5) is 12.9. The summed E-state index contributed by atoms with van der Waals surface area (Å²) in [6.07, 6.45) is 0. The zero-order valence-electron chi connectivity index (χ0n) is 18.5. The SMILES string of the molecule is CCOc1ccc(S(=O)(=O)N(CC(=O)Nc2ccc(OC)c(Cl)c2)c2ccc(C)cc2)cc1. The molecule has 9 heteroatoms. The van der Waals surface area contributed by atoms with Gasteiger partial charge in [0.15, 0.2) is 0 Å². The van der Waals surface area contributed by atoms with Gasteiger partial charge in [-0.1, -0.05) is 29.3 Å². The van der Waals surface area contributed by atoms with E-state index in [1.54, 1.807) is 48.5 Å². The Labute approximate surface area is 198 Å². The van der Waals surface area contributed by atoms with Crippen LogP contribution in [-0.4, -0.2) is 34.6 Å². The highest BCUT2D eigenvalue weighted by atomic mass is 35.5. The number of hydrogen-bond acceptors (Lipinski definition) is 5. The average molecular weight is 489 g/mol. The van der Waals surface area contributed by atoms with Gasteiger partial charge in [-0.2, -0.15) is 0 Å². The molecule has 1 amide bonds. The smallest absolute Gasteiger partial charge is 0.264 e. The Hall–Kier alpha value is -3.23. The summed E-state index contributed by atoms with van der Waals surface area (Å²) >= 11 is 6.12. The van der Waals surface area contributed by atoms with Crippen molar-refractivity contribution in [1.82, 2.24) is 0 Å². The monoisotopic (exact) mass is 488 g/mol. The van der Waals surface area contributed by atoms with Crippen molar-refractivity contribution in [3.63, 3.8) is 0 Å². The van der Waals surface area contributed by atoms with Crippen LogP contribution in [0.3, 0.4) is 0 Å². The van der Waals surface area contributed by atoms with E-state index in [0.29, 0.717) is 34.5 Å². The second-order valence-electron chi connectivity index (χ2n) is 7.15. The van der Waals surface area contributed by atoms with Gasteiger partial charge in [-0.05, 0) is 68.4 Å². The van der Waals surface area contributed by atoms with E-state index in [1.807, 2.05) is 13.8 Å². The van der Waals surface area contributed by atoms with E-state index >= 15 is 0 Å². The lowest BCUT2D eigenvalue weighted by atomic mass is 10.2. The fourth-order valence-electron chi connectivity index (χ4n) is 3.10. The first-order valence-corrected chi connectivity index (χ1v) is 12.0. The van der Waals surface area contributed by atoms with Crippen LogP contribution in [0.25, 0.3) is 0 Å². The molecule has 1 N–H and O–H groups in total. The lowest BCUT2D eigenvalue weighted by molar-refractivity contribution is -0.114. The van der Waals surface area contributed by atoms with Gasteiger partial charge in [-0.3, -0.25) is 9.10 Å². The molecule has 0 unspecified atom stereocenters. The fraction of sp³-hybridized carbons (Fsp3) is 0.208. The number of amides is 1. The van der Waals surface area contributed by atoms with Gasteiger partial charge in [0, 0.05) is 5.69 Å². The number of carbonyl (C=O) groups excluding carboxylic acids is 1. The molecule has 33 heavy (non-hydrogen) atoms. The van der Waals surface area contributed by atoms with Gasteiger partial charge in [0.25, 0.3) is 10.0 Å². The zero-order valence-corrected chi connectivity index (χ0v) is 20.1. The molecule has 0 spiro atoms. The molecule has 174 valence electrons. The van der Waals surface area contributed by atoms with Gasteiger partial charge >= 0.3 is 0 Å². The number of carbonyl (C=O) groups is 1. The normalized spacial score (nSPS) is 11.0. The van der Waals surface area contributed by atoms with E-state index in [4.69, 9.17) is 21.1 Å². The Bertz CT molecular complexity index is 1210. The largest absolute Gasteiger partial charge is 0.495 e. The van der Waals surface area contributed by atoms with Crippen molar-refractivity contribution in [3.8, 4) is 11.5 Å². The van der Waals surface area contributed by atoms with E-state index in [2.05, 4.69) is 5.32 Å². The first-order valence-electron chi connectivity index (χ1n) is 10.2. The van der Waals surface area contributed by atoms with Gasteiger partial charge in [0.2, 0.25) is 5.91 Å². The molecule has 0 bridgehead atoms. The van der Waals surface area contributed by atoms with E-state index in [1.165, 1.54) is 25.3 Å². The third kappa shape index (κ3) is 5.97. The Balaban J connectivity index is 1.90. The Morgan fingerprint density at radius 1 is 1.03 bits per heavy atom. The van der Waals surface area contributed by atoms with Crippen LogP contribution < -0.4 is 19.1 Å². The Morgan fingerprint density at radius 2 is 1.70 bits per heavy atom. The molecule has 0 radical (unpaired) electrons. The van der Waals surface area contributed by atoms with Crippen LogP contribution in [0.4, 0.5) is 11.4 Å². The minimum absolute atomic E-state index is 0.0480. The number of halogens is 1. The summed E-state index contributed by atoms with van der Waals surface area (Å²) in [7, 11) is -2.54. The van der Waals surface area contributed by atoms with Crippen LogP contribution in [0.2, 0.25) is 5.02 Å². The number of hydrogen-bond donors (Lipinski definition) is 1. The summed E-state index contributed by atoms with van der Waals surface area (Å²) in [6, 6.07) is 17.8. The van der Waals surface area contributed by atoms with Gasteiger partial charge in [-0.25, -0.2) is 8.42 Å². The van der Waals surface area contributed by atoms with E-state index in [0.717, 1.165) is 9.87 Å². The van der Waals surface area contributed by atoms with Gasteiger partial charge in [0.1, 0.15) is 18.0 Å². The highest BCUT2D eigenvalue weighted by Gasteiger charge is 2.27. The molecule has 0 aliphatic rings. The summed E-state index contributed by atoms with van der Waals surface area (Å²) in [5, 5.41) is 3.02. The second kappa shape index (κ2) is 10.6. The molecule has 3 rings (SSSR count). The predicted molar refractivity (Wildman–Crippen MR) is 130 cm³/mol. The van der Waals surface area contributed by atoms with E-state index in [9.17, 15) is 13.2 Å². The number of nitrogens with zero attached hydrogens (tertiary/aromatic N) is 1. The maximum atomic E-state index is 13.5. The van der Waals surface area contributed by atoms with Gasteiger partial charge in [0.05, 0.1) is 29.3 Å². The summed E-state index contributed by atoms with van der Waals surface area (Å²) in [5.74, 6) is 0.507. The van der Waals surface area contributed by atoms with Crippen LogP contribution in [-0.2, 0) is 14.8 Å². The van der Waals surface area contributed by atoms with Crippen LogP contribution in [0.1, 0.15) is 12.5 Å². The molecule has 3 aromatic carbocycles. The van der Waals surface area contributed by atoms with Gasteiger partial charge in [-0.15, -0.1) is 0 Å². The number of nitrogens with one attached hydrogen (secondary N) is 1. The fourth-order valence-corrected chi connectivity index (χ4v) is 4.78. The van der Waals surface area contributed by atoms with Crippen LogP contribution in [0, 0.1) is 6.92 Å². The van der Waals surface area contributed by atoms with Crippen LogP contribution >= 0.6 is 11.6 Å². The molecule has 0 aliphatic carbocycles. The predicted octanol–water partition coefficient (Wildman–Crippen LogP) is 4.89. The standard InChI is InChI=1S/C24H25ClN2O5S/c1-4-32-20-10-12-21(13-11-20)33(29,30)27(19-8-5-17(2)6-9-19)16-24(28)26-18-7-14-23(31-3)22(25)15-18/h5-15H,4,16H2,1-3H3,(H,26,28).